The highest BCUT2D eigenvalue weighted by atomic mass is 16.6. The van der Waals surface area contributed by atoms with Crippen molar-refractivity contribution < 1.29 is 19.6 Å². The van der Waals surface area contributed by atoms with E-state index in [0.29, 0.717) is 12.0 Å². The van der Waals surface area contributed by atoms with Crippen molar-refractivity contribution >= 4 is 11.7 Å². The zero-order chi connectivity index (χ0) is 15.1. The van der Waals surface area contributed by atoms with Crippen LogP contribution < -0.4 is 4.74 Å². The summed E-state index contributed by atoms with van der Waals surface area (Å²) in [5, 5.41) is 20.1. The highest BCUT2D eigenvalue weighted by molar-refractivity contribution is 5.76. The van der Waals surface area contributed by atoms with Crippen LogP contribution in [0, 0.1) is 10.1 Å². The number of aliphatic carboxylic acids is 1. The average Bonchev–Trinajstić information content (AvgIpc) is 2.40. The number of ether oxygens (including phenoxy) is 1. The maximum Gasteiger partial charge on any atom is 0.311 e. The Morgan fingerprint density at radius 3 is 2.75 bits per heavy atom. The molecule has 1 rings (SSSR count). The number of hydrogen-bond donors (Lipinski definition) is 1. The standard InChI is InChI=1S/C14H17NO5/c1-3-5-8-20-13-7-6-10(9-12(13)15(18)19)11(4-2)14(16)17/h3,5-7,9,11H,4,8H2,1-2H3,(H,16,17). The van der Waals surface area contributed by atoms with Gasteiger partial charge < -0.3 is 9.84 Å². The van der Waals surface area contributed by atoms with Crippen LogP contribution in [0.25, 0.3) is 0 Å². The summed E-state index contributed by atoms with van der Waals surface area (Å²) in [6, 6.07) is 4.27. The monoisotopic (exact) mass is 279 g/mol. The molecule has 0 fully saturated rings. The van der Waals surface area contributed by atoms with Crippen molar-refractivity contribution in [2.45, 2.75) is 26.2 Å². The van der Waals surface area contributed by atoms with Crippen LogP contribution in [0.4, 0.5) is 5.69 Å². The topological polar surface area (TPSA) is 89.7 Å². The number of nitro groups is 1. The largest absolute Gasteiger partial charge is 0.483 e. The highest BCUT2D eigenvalue weighted by Crippen LogP contribution is 2.32. The molecule has 0 saturated heterocycles. The van der Waals surface area contributed by atoms with Crippen molar-refractivity contribution in [3.63, 3.8) is 0 Å². The highest BCUT2D eigenvalue weighted by Gasteiger charge is 2.23. The molecule has 1 N–H and O–H groups in total. The third kappa shape index (κ3) is 3.81. The van der Waals surface area contributed by atoms with E-state index in [1.54, 1.807) is 25.1 Å². The van der Waals surface area contributed by atoms with Crippen LogP contribution in [0.1, 0.15) is 31.7 Å². The van der Waals surface area contributed by atoms with E-state index in [2.05, 4.69) is 0 Å². The number of nitro benzene ring substituents is 1. The Labute approximate surface area is 116 Å². The van der Waals surface area contributed by atoms with Gasteiger partial charge in [0.15, 0.2) is 5.75 Å². The van der Waals surface area contributed by atoms with Crippen LogP contribution in [-0.4, -0.2) is 22.6 Å². The summed E-state index contributed by atoms with van der Waals surface area (Å²) in [6.07, 6.45) is 3.87. The molecular weight excluding hydrogens is 262 g/mol. The SMILES string of the molecule is CC=CCOc1ccc(C(CC)C(=O)O)cc1[N+](=O)[O-]. The summed E-state index contributed by atoms with van der Waals surface area (Å²) in [6.45, 7) is 3.77. The quantitative estimate of drug-likeness (QED) is 0.470. The molecule has 0 radical (unpaired) electrons. The fourth-order valence-electron chi connectivity index (χ4n) is 1.80. The van der Waals surface area contributed by atoms with E-state index in [0.717, 1.165) is 0 Å². The zero-order valence-electron chi connectivity index (χ0n) is 11.4. The van der Waals surface area contributed by atoms with Crippen LogP contribution in [0.5, 0.6) is 5.75 Å². The smallest absolute Gasteiger partial charge is 0.311 e. The van der Waals surface area contributed by atoms with E-state index >= 15 is 0 Å². The summed E-state index contributed by atoms with van der Waals surface area (Å²) >= 11 is 0. The summed E-state index contributed by atoms with van der Waals surface area (Å²) in [7, 11) is 0. The van der Waals surface area contributed by atoms with Crippen LogP contribution >= 0.6 is 0 Å². The molecule has 0 aromatic heterocycles. The minimum atomic E-state index is -0.996. The second-order valence-corrected chi connectivity index (χ2v) is 4.16. The lowest BCUT2D eigenvalue weighted by Gasteiger charge is -2.11. The Bertz CT molecular complexity index is 524. The minimum absolute atomic E-state index is 0.136. The average molecular weight is 279 g/mol. The fraction of sp³-hybridized carbons (Fsp3) is 0.357. The first-order chi connectivity index (χ1) is 9.51. The van der Waals surface area contributed by atoms with Crippen molar-refractivity contribution in [1.82, 2.24) is 0 Å². The first-order valence-corrected chi connectivity index (χ1v) is 6.26. The number of carboxylic acid groups (broad SMARTS) is 1. The number of allylic oxidation sites excluding steroid dienone is 1. The molecule has 1 unspecified atom stereocenters. The summed E-state index contributed by atoms with van der Waals surface area (Å²) in [5.74, 6) is -1.61. The molecule has 1 aromatic rings. The van der Waals surface area contributed by atoms with E-state index in [-0.39, 0.29) is 18.0 Å². The number of carboxylic acids is 1. The molecule has 0 spiro atoms. The molecule has 1 aromatic carbocycles. The first kappa shape index (κ1) is 15.7. The fourth-order valence-corrected chi connectivity index (χ4v) is 1.80. The number of nitrogens with zero attached hydrogens (tertiary/aromatic N) is 1. The van der Waals surface area contributed by atoms with E-state index in [9.17, 15) is 14.9 Å². The van der Waals surface area contributed by atoms with Gasteiger partial charge in [-0.1, -0.05) is 25.1 Å². The summed E-state index contributed by atoms with van der Waals surface area (Å²) in [5.41, 5.74) is 0.191. The molecule has 6 nitrogen and oxygen atoms in total. The maximum absolute atomic E-state index is 11.1. The predicted octanol–water partition coefficient (Wildman–Crippen LogP) is 3.13. The van der Waals surface area contributed by atoms with Crippen molar-refractivity contribution in [1.29, 1.82) is 0 Å². The van der Waals surface area contributed by atoms with Gasteiger partial charge in [-0.05, 0) is 25.0 Å². The van der Waals surface area contributed by atoms with Crippen molar-refractivity contribution in [3.05, 3.63) is 46.0 Å². The third-order valence-corrected chi connectivity index (χ3v) is 2.86. The van der Waals surface area contributed by atoms with Gasteiger partial charge >= 0.3 is 11.7 Å². The van der Waals surface area contributed by atoms with Gasteiger partial charge in [-0.2, -0.15) is 0 Å². The molecule has 0 bridgehead atoms. The summed E-state index contributed by atoms with van der Waals surface area (Å²) in [4.78, 5) is 21.6. The maximum atomic E-state index is 11.1. The number of carbonyl (C=O) groups is 1. The van der Waals surface area contributed by atoms with Gasteiger partial charge in [-0.15, -0.1) is 0 Å². The van der Waals surface area contributed by atoms with Gasteiger partial charge in [-0.25, -0.2) is 0 Å². The van der Waals surface area contributed by atoms with Crippen LogP contribution in [0.3, 0.4) is 0 Å². The van der Waals surface area contributed by atoms with Crippen LogP contribution in [-0.2, 0) is 4.79 Å². The number of benzene rings is 1. The Morgan fingerprint density at radius 1 is 1.55 bits per heavy atom. The van der Waals surface area contributed by atoms with Gasteiger partial charge in [0, 0.05) is 6.07 Å². The molecule has 0 aliphatic carbocycles. The molecule has 0 amide bonds. The van der Waals surface area contributed by atoms with Crippen LogP contribution in [0.2, 0.25) is 0 Å². The normalized spacial score (nSPS) is 12.3. The predicted molar refractivity (Wildman–Crippen MR) is 74.1 cm³/mol. The van der Waals surface area contributed by atoms with Crippen molar-refractivity contribution in [3.8, 4) is 5.75 Å². The van der Waals surface area contributed by atoms with Gasteiger partial charge in [0.2, 0.25) is 0 Å². The third-order valence-electron chi connectivity index (χ3n) is 2.86. The van der Waals surface area contributed by atoms with Gasteiger partial charge in [0.1, 0.15) is 6.61 Å². The molecule has 6 heteroatoms. The van der Waals surface area contributed by atoms with Crippen LogP contribution in [0.15, 0.2) is 30.4 Å². The van der Waals surface area contributed by atoms with E-state index in [4.69, 9.17) is 9.84 Å². The summed E-state index contributed by atoms with van der Waals surface area (Å²) < 4.78 is 5.29. The van der Waals surface area contributed by atoms with Gasteiger partial charge in [0.05, 0.1) is 10.8 Å². The molecule has 1 atom stereocenters. The van der Waals surface area contributed by atoms with Crippen molar-refractivity contribution in [2.24, 2.45) is 0 Å². The second-order valence-electron chi connectivity index (χ2n) is 4.16. The molecule has 108 valence electrons. The Kier molecular flexibility index (Phi) is 5.71. The van der Waals surface area contributed by atoms with Crippen molar-refractivity contribution in [2.75, 3.05) is 6.61 Å². The lowest BCUT2D eigenvalue weighted by molar-refractivity contribution is -0.385. The Hall–Kier alpha value is -2.37. The second kappa shape index (κ2) is 7.28. The molecule has 0 heterocycles. The molecule has 0 aliphatic rings. The lowest BCUT2D eigenvalue weighted by Crippen LogP contribution is -2.11. The number of hydrogen-bond acceptors (Lipinski definition) is 4. The molecule has 20 heavy (non-hydrogen) atoms. The van der Waals surface area contributed by atoms with E-state index in [1.165, 1.54) is 12.1 Å². The van der Waals surface area contributed by atoms with Gasteiger partial charge in [-0.3, -0.25) is 14.9 Å². The molecule has 0 saturated carbocycles. The molecular formula is C14H17NO5. The Morgan fingerprint density at radius 2 is 2.25 bits per heavy atom. The minimum Gasteiger partial charge on any atom is -0.483 e. The molecule has 0 aliphatic heterocycles. The van der Waals surface area contributed by atoms with E-state index in [1.807, 2.05) is 6.92 Å². The Balaban J connectivity index is 3.12. The first-order valence-electron chi connectivity index (χ1n) is 6.26. The lowest BCUT2D eigenvalue weighted by atomic mass is 9.96. The van der Waals surface area contributed by atoms with E-state index < -0.39 is 16.8 Å². The number of rotatable bonds is 7. The zero-order valence-corrected chi connectivity index (χ0v) is 11.4. The van der Waals surface area contributed by atoms with Gasteiger partial charge in [0.25, 0.3) is 0 Å².